The Morgan fingerprint density at radius 2 is 1.89 bits per heavy atom. The first kappa shape index (κ1) is 18.2. The van der Waals surface area contributed by atoms with Gasteiger partial charge in [0.15, 0.2) is 0 Å². The van der Waals surface area contributed by atoms with Crippen LogP contribution in [0.25, 0.3) is 0 Å². The molecule has 2 aliphatic rings. The summed E-state index contributed by atoms with van der Waals surface area (Å²) in [6.07, 6.45) is 7.80. The van der Waals surface area contributed by atoms with E-state index in [2.05, 4.69) is 9.88 Å². The molecule has 0 radical (unpaired) electrons. The van der Waals surface area contributed by atoms with E-state index < -0.39 is 0 Å². The van der Waals surface area contributed by atoms with E-state index >= 15 is 0 Å². The molecule has 0 aliphatic carbocycles. The van der Waals surface area contributed by atoms with Gasteiger partial charge in [-0.15, -0.1) is 0 Å². The Kier molecular flexibility index (Phi) is 5.53. The van der Waals surface area contributed by atoms with Crippen LogP contribution in [0.2, 0.25) is 0 Å². The van der Waals surface area contributed by atoms with Gasteiger partial charge in [0.1, 0.15) is 17.6 Å². The standard InChI is InChI=1S/C21H26FN3O2/c22-17-8-6-16(7-9-17)13-18-14-23-21(27-18)19-5-4-12-25(19)20(26)15-24-10-2-1-3-11-24/h6-9,14,19H,1-5,10-13,15H2/t19-/m1/s1. The Morgan fingerprint density at radius 3 is 2.67 bits per heavy atom. The molecule has 0 bridgehead atoms. The second-order valence-electron chi connectivity index (χ2n) is 7.55. The van der Waals surface area contributed by atoms with Crippen molar-refractivity contribution in [2.24, 2.45) is 0 Å². The molecule has 2 fully saturated rings. The smallest absolute Gasteiger partial charge is 0.237 e. The maximum Gasteiger partial charge on any atom is 0.237 e. The van der Waals surface area contributed by atoms with Crippen molar-refractivity contribution in [1.82, 2.24) is 14.8 Å². The average Bonchev–Trinajstić information content (AvgIpc) is 3.33. The van der Waals surface area contributed by atoms with Gasteiger partial charge in [-0.2, -0.15) is 0 Å². The van der Waals surface area contributed by atoms with Gasteiger partial charge in [0, 0.05) is 13.0 Å². The number of likely N-dealkylation sites (tertiary alicyclic amines) is 2. The lowest BCUT2D eigenvalue weighted by Gasteiger charge is -2.29. The number of carbonyl (C=O) groups excluding carboxylic acids is 1. The lowest BCUT2D eigenvalue weighted by atomic mass is 10.1. The minimum Gasteiger partial charge on any atom is -0.443 e. The zero-order valence-corrected chi connectivity index (χ0v) is 15.6. The van der Waals surface area contributed by atoms with E-state index in [1.54, 1.807) is 18.3 Å². The van der Waals surface area contributed by atoms with Gasteiger partial charge < -0.3 is 9.32 Å². The van der Waals surface area contributed by atoms with Gasteiger partial charge in [-0.1, -0.05) is 18.6 Å². The Morgan fingerprint density at radius 1 is 1.11 bits per heavy atom. The number of piperidine rings is 1. The van der Waals surface area contributed by atoms with E-state index in [1.165, 1.54) is 31.4 Å². The molecule has 1 atom stereocenters. The molecule has 1 aromatic carbocycles. The Hall–Kier alpha value is -2.21. The van der Waals surface area contributed by atoms with Crippen LogP contribution >= 0.6 is 0 Å². The molecule has 1 amide bonds. The minimum atomic E-state index is -0.245. The fourth-order valence-electron chi connectivity index (χ4n) is 4.08. The van der Waals surface area contributed by atoms with Crippen LogP contribution in [0.4, 0.5) is 4.39 Å². The molecule has 1 aromatic heterocycles. The second kappa shape index (κ2) is 8.21. The fraction of sp³-hybridized carbons (Fsp3) is 0.524. The summed E-state index contributed by atoms with van der Waals surface area (Å²) in [4.78, 5) is 21.4. The summed E-state index contributed by atoms with van der Waals surface area (Å²) in [6.45, 7) is 3.31. The number of oxazole rings is 1. The van der Waals surface area contributed by atoms with Crippen LogP contribution in [0.5, 0.6) is 0 Å². The van der Waals surface area contributed by atoms with E-state index in [0.29, 0.717) is 18.9 Å². The number of aromatic nitrogens is 1. The van der Waals surface area contributed by atoms with Gasteiger partial charge >= 0.3 is 0 Å². The van der Waals surface area contributed by atoms with Gasteiger partial charge in [-0.25, -0.2) is 9.37 Å². The molecule has 2 aromatic rings. The van der Waals surface area contributed by atoms with Crippen LogP contribution in [0.15, 0.2) is 34.9 Å². The minimum absolute atomic E-state index is 0.0655. The van der Waals surface area contributed by atoms with Crippen molar-refractivity contribution in [3.63, 3.8) is 0 Å². The highest BCUT2D eigenvalue weighted by molar-refractivity contribution is 5.79. The molecular weight excluding hydrogens is 345 g/mol. The highest BCUT2D eigenvalue weighted by atomic mass is 19.1. The third-order valence-electron chi connectivity index (χ3n) is 5.53. The van der Waals surface area contributed by atoms with Gasteiger partial charge in [-0.05, 0) is 56.5 Å². The molecule has 5 nitrogen and oxygen atoms in total. The lowest BCUT2D eigenvalue weighted by Crippen LogP contribution is -2.42. The maximum absolute atomic E-state index is 13.0. The molecule has 2 saturated heterocycles. The molecule has 0 spiro atoms. The summed E-state index contributed by atoms with van der Waals surface area (Å²) in [7, 11) is 0. The monoisotopic (exact) mass is 371 g/mol. The van der Waals surface area contributed by atoms with Crippen LogP contribution in [0.3, 0.4) is 0 Å². The van der Waals surface area contributed by atoms with E-state index in [-0.39, 0.29) is 17.8 Å². The normalized spacial score (nSPS) is 20.9. The molecule has 0 N–H and O–H groups in total. The van der Waals surface area contributed by atoms with Crippen molar-refractivity contribution in [2.45, 2.75) is 44.6 Å². The summed E-state index contributed by atoms with van der Waals surface area (Å²) in [5.74, 6) is 1.30. The number of hydrogen-bond donors (Lipinski definition) is 0. The topological polar surface area (TPSA) is 49.6 Å². The molecule has 27 heavy (non-hydrogen) atoms. The highest BCUT2D eigenvalue weighted by Crippen LogP contribution is 2.32. The Balaban J connectivity index is 1.40. The van der Waals surface area contributed by atoms with E-state index in [9.17, 15) is 9.18 Å². The highest BCUT2D eigenvalue weighted by Gasteiger charge is 2.34. The Bertz CT molecular complexity index is 768. The van der Waals surface area contributed by atoms with Crippen molar-refractivity contribution in [3.05, 3.63) is 53.5 Å². The number of carbonyl (C=O) groups is 1. The van der Waals surface area contributed by atoms with E-state index in [1.807, 2.05) is 4.90 Å². The maximum atomic E-state index is 13.0. The third kappa shape index (κ3) is 4.38. The molecule has 3 heterocycles. The summed E-state index contributed by atoms with van der Waals surface area (Å²) in [5.41, 5.74) is 0.976. The molecule has 2 aliphatic heterocycles. The van der Waals surface area contributed by atoms with Gasteiger partial charge in [-0.3, -0.25) is 9.69 Å². The Labute approximate surface area is 159 Å². The number of amides is 1. The van der Waals surface area contributed by atoms with E-state index in [4.69, 9.17) is 4.42 Å². The summed E-state index contributed by atoms with van der Waals surface area (Å²) in [6, 6.07) is 6.34. The van der Waals surface area contributed by atoms with Crippen molar-refractivity contribution in [3.8, 4) is 0 Å². The quantitative estimate of drug-likeness (QED) is 0.806. The van der Waals surface area contributed by atoms with Gasteiger partial charge in [0.25, 0.3) is 0 Å². The molecule has 0 saturated carbocycles. The summed E-state index contributed by atoms with van der Waals surface area (Å²) >= 11 is 0. The molecule has 4 rings (SSSR count). The molecule has 0 unspecified atom stereocenters. The number of halogens is 1. The van der Waals surface area contributed by atoms with Crippen LogP contribution in [0.1, 0.15) is 55.4 Å². The van der Waals surface area contributed by atoms with Crippen molar-refractivity contribution in [2.75, 3.05) is 26.2 Å². The number of benzene rings is 1. The number of hydrogen-bond acceptors (Lipinski definition) is 4. The first-order valence-electron chi connectivity index (χ1n) is 9.90. The predicted molar refractivity (Wildman–Crippen MR) is 99.7 cm³/mol. The van der Waals surface area contributed by atoms with Crippen LogP contribution < -0.4 is 0 Å². The van der Waals surface area contributed by atoms with Crippen LogP contribution in [-0.2, 0) is 11.2 Å². The number of rotatable bonds is 5. The second-order valence-corrected chi connectivity index (χ2v) is 7.55. The average molecular weight is 371 g/mol. The largest absolute Gasteiger partial charge is 0.443 e. The summed E-state index contributed by atoms with van der Waals surface area (Å²) < 4.78 is 19.0. The molecule has 144 valence electrons. The third-order valence-corrected chi connectivity index (χ3v) is 5.53. The first-order chi connectivity index (χ1) is 13.2. The van der Waals surface area contributed by atoms with Crippen molar-refractivity contribution in [1.29, 1.82) is 0 Å². The lowest BCUT2D eigenvalue weighted by molar-refractivity contribution is -0.134. The number of nitrogens with zero attached hydrogens (tertiary/aromatic N) is 3. The van der Waals surface area contributed by atoms with E-state index in [0.717, 1.165) is 43.8 Å². The molecule has 6 heteroatoms. The molecular formula is C21H26FN3O2. The van der Waals surface area contributed by atoms with Gasteiger partial charge in [0.05, 0.1) is 12.7 Å². The van der Waals surface area contributed by atoms with Gasteiger partial charge in [0.2, 0.25) is 11.8 Å². The summed E-state index contributed by atoms with van der Waals surface area (Å²) in [5, 5.41) is 0. The zero-order chi connectivity index (χ0) is 18.6. The zero-order valence-electron chi connectivity index (χ0n) is 15.6. The SMILES string of the molecule is O=C(CN1CCCCC1)N1CCC[C@@H]1c1ncc(Cc2ccc(F)cc2)o1. The van der Waals surface area contributed by atoms with Crippen LogP contribution in [-0.4, -0.2) is 46.9 Å². The van der Waals surface area contributed by atoms with Crippen molar-refractivity contribution >= 4 is 5.91 Å². The van der Waals surface area contributed by atoms with Crippen LogP contribution in [0, 0.1) is 5.82 Å². The van der Waals surface area contributed by atoms with Crippen molar-refractivity contribution < 1.29 is 13.6 Å². The fourth-order valence-corrected chi connectivity index (χ4v) is 4.08. The predicted octanol–water partition coefficient (Wildman–Crippen LogP) is 3.55. The first-order valence-corrected chi connectivity index (χ1v) is 9.90.